The first kappa shape index (κ1) is 21.5. The Morgan fingerprint density at radius 3 is 2.81 bits per heavy atom. The molecule has 7 heteroatoms. The van der Waals surface area contributed by atoms with Crippen LogP contribution < -0.4 is 10.2 Å². The molecule has 0 aliphatic carbocycles. The minimum atomic E-state index is -0.147. The molecular weight excluding hydrogens is 458 g/mol. The average Bonchev–Trinajstić information content (AvgIpc) is 2.79. The van der Waals surface area contributed by atoms with Gasteiger partial charge in [0.1, 0.15) is 12.4 Å². The lowest BCUT2D eigenvalue weighted by Gasteiger charge is -2.25. The molecular formula is C24H24BrN3O3. The summed E-state index contributed by atoms with van der Waals surface area (Å²) < 4.78 is 12.3. The smallest absolute Gasteiger partial charge is 0.254 e. The van der Waals surface area contributed by atoms with Crippen molar-refractivity contribution in [1.29, 1.82) is 0 Å². The predicted molar refractivity (Wildman–Crippen MR) is 125 cm³/mol. The predicted octanol–water partition coefficient (Wildman–Crippen LogP) is 3.96. The Balaban J connectivity index is 1.41. The normalized spacial score (nSPS) is 14.7. The zero-order valence-electron chi connectivity index (χ0n) is 17.1. The van der Waals surface area contributed by atoms with Crippen molar-refractivity contribution in [2.75, 3.05) is 32.8 Å². The second kappa shape index (κ2) is 10.5. The van der Waals surface area contributed by atoms with Crippen molar-refractivity contribution in [1.82, 2.24) is 10.3 Å². The van der Waals surface area contributed by atoms with Crippen LogP contribution in [0.5, 0.6) is 5.75 Å². The first-order valence-electron chi connectivity index (χ1n) is 10.2. The first-order chi connectivity index (χ1) is 15.2. The lowest BCUT2D eigenvalue weighted by Crippen LogP contribution is -2.42. The van der Waals surface area contributed by atoms with Crippen LogP contribution >= 0.6 is 15.9 Å². The Morgan fingerprint density at radius 2 is 1.94 bits per heavy atom. The average molecular weight is 482 g/mol. The van der Waals surface area contributed by atoms with Crippen LogP contribution in [0.2, 0.25) is 0 Å². The third kappa shape index (κ3) is 5.91. The standard InChI is InChI=1S/C24H24BrN3O3/c25-21-8-9-23(31-17-19-6-3-5-18-4-1-2-7-22(18)19)20(14-21)15-26-27-24(29)16-28-10-12-30-13-11-28/h1-9,14-15H,10-13,16-17H2,(H,27,29)/b26-15+. The highest BCUT2D eigenvalue weighted by atomic mass is 79.9. The van der Waals surface area contributed by atoms with Gasteiger partial charge < -0.3 is 9.47 Å². The Bertz CT molecular complexity index is 1080. The number of halogens is 1. The molecule has 4 rings (SSSR count). The van der Waals surface area contributed by atoms with Crippen molar-refractivity contribution in [3.05, 3.63) is 76.3 Å². The summed E-state index contributed by atoms with van der Waals surface area (Å²) in [6.45, 7) is 3.58. The maximum atomic E-state index is 12.1. The van der Waals surface area contributed by atoms with Crippen molar-refractivity contribution >= 4 is 38.8 Å². The van der Waals surface area contributed by atoms with Gasteiger partial charge >= 0.3 is 0 Å². The molecule has 1 aliphatic heterocycles. The number of hydrogen-bond donors (Lipinski definition) is 1. The molecule has 0 saturated carbocycles. The third-order valence-corrected chi connectivity index (χ3v) is 5.59. The maximum absolute atomic E-state index is 12.1. The van der Waals surface area contributed by atoms with E-state index in [-0.39, 0.29) is 5.91 Å². The zero-order chi connectivity index (χ0) is 21.5. The van der Waals surface area contributed by atoms with Gasteiger partial charge in [0.25, 0.3) is 5.91 Å². The van der Waals surface area contributed by atoms with E-state index in [1.807, 2.05) is 41.3 Å². The number of fused-ring (bicyclic) bond motifs is 1. The molecule has 160 valence electrons. The molecule has 0 bridgehead atoms. The van der Waals surface area contributed by atoms with Gasteiger partial charge in [-0.2, -0.15) is 5.10 Å². The number of hydrogen-bond acceptors (Lipinski definition) is 5. The van der Waals surface area contributed by atoms with E-state index in [4.69, 9.17) is 9.47 Å². The molecule has 1 amide bonds. The summed E-state index contributed by atoms with van der Waals surface area (Å²) in [7, 11) is 0. The largest absolute Gasteiger partial charge is 0.488 e. The van der Waals surface area contributed by atoms with Crippen molar-refractivity contribution in [3.8, 4) is 5.75 Å². The van der Waals surface area contributed by atoms with E-state index >= 15 is 0 Å². The summed E-state index contributed by atoms with van der Waals surface area (Å²) in [5.41, 5.74) is 4.49. The number of nitrogens with zero attached hydrogens (tertiary/aromatic N) is 2. The Kier molecular flexibility index (Phi) is 7.30. The van der Waals surface area contributed by atoms with Gasteiger partial charge in [0, 0.05) is 23.1 Å². The molecule has 1 heterocycles. The van der Waals surface area contributed by atoms with Crippen LogP contribution in [0.4, 0.5) is 0 Å². The lowest BCUT2D eigenvalue weighted by molar-refractivity contribution is -0.123. The van der Waals surface area contributed by atoms with Crippen LogP contribution in [0, 0.1) is 0 Å². The summed E-state index contributed by atoms with van der Waals surface area (Å²) in [4.78, 5) is 14.2. The Hall–Kier alpha value is -2.74. The molecule has 0 radical (unpaired) electrons. The summed E-state index contributed by atoms with van der Waals surface area (Å²) >= 11 is 3.49. The van der Waals surface area contributed by atoms with E-state index in [0.29, 0.717) is 32.1 Å². The van der Waals surface area contributed by atoms with Gasteiger partial charge in [0.2, 0.25) is 0 Å². The molecule has 1 fully saturated rings. The fraction of sp³-hybridized carbons (Fsp3) is 0.250. The summed E-state index contributed by atoms with van der Waals surface area (Å²) in [5, 5.41) is 6.49. The van der Waals surface area contributed by atoms with Crippen molar-refractivity contribution < 1.29 is 14.3 Å². The molecule has 0 spiro atoms. The van der Waals surface area contributed by atoms with E-state index in [0.717, 1.165) is 28.7 Å². The van der Waals surface area contributed by atoms with E-state index in [1.165, 1.54) is 10.8 Å². The summed E-state index contributed by atoms with van der Waals surface area (Å²) in [5.74, 6) is 0.550. The van der Waals surface area contributed by atoms with Gasteiger partial charge in [0.15, 0.2) is 0 Å². The fourth-order valence-electron chi connectivity index (χ4n) is 3.50. The number of benzene rings is 3. The van der Waals surface area contributed by atoms with Crippen LogP contribution in [0.1, 0.15) is 11.1 Å². The number of carbonyl (C=O) groups is 1. The van der Waals surface area contributed by atoms with E-state index in [1.54, 1.807) is 6.21 Å². The van der Waals surface area contributed by atoms with Crippen LogP contribution in [-0.4, -0.2) is 49.9 Å². The molecule has 0 atom stereocenters. The number of amides is 1. The first-order valence-corrected chi connectivity index (χ1v) is 11.0. The number of nitrogens with one attached hydrogen (secondary N) is 1. The highest BCUT2D eigenvalue weighted by molar-refractivity contribution is 9.10. The molecule has 1 N–H and O–H groups in total. The minimum absolute atomic E-state index is 0.147. The van der Waals surface area contributed by atoms with Crippen LogP contribution in [0.15, 0.2) is 70.2 Å². The fourth-order valence-corrected chi connectivity index (χ4v) is 3.88. The van der Waals surface area contributed by atoms with E-state index in [2.05, 4.69) is 50.7 Å². The topological polar surface area (TPSA) is 63.2 Å². The van der Waals surface area contributed by atoms with Gasteiger partial charge in [-0.3, -0.25) is 9.69 Å². The molecule has 3 aromatic rings. The molecule has 0 aromatic heterocycles. The van der Waals surface area contributed by atoms with E-state index in [9.17, 15) is 4.79 Å². The molecule has 31 heavy (non-hydrogen) atoms. The second-order valence-corrected chi connectivity index (χ2v) is 8.21. The number of hydrazone groups is 1. The van der Waals surface area contributed by atoms with Gasteiger partial charge in [-0.15, -0.1) is 0 Å². The van der Waals surface area contributed by atoms with E-state index < -0.39 is 0 Å². The van der Waals surface area contributed by atoms with Gasteiger partial charge in [-0.05, 0) is 34.5 Å². The quantitative estimate of drug-likeness (QED) is 0.409. The van der Waals surface area contributed by atoms with Gasteiger partial charge in [-0.1, -0.05) is 58.4 Å². The zero-order valence-corrected chi connectivity index (χ0v) is 18.7. The van der Waals surface area contributed by atoms with Gasteiger partial charge in [-0.25, -0.2) is 5.43 Å². The highest BCUT2D eigenvalue weighted by Gasteiger charge is 2.13. The molecule has 1 aliphatic rings. The SMILES string of the molecule is O=C(CN1CCOCC1)N/N=C/c1cc(Br)ccc1OCc1cccc2ccccc12. The number of ether oxygens (including phenoxy) is 2. The van der Waals surface area contributed by atoms with Crippen LogP contribution in [0.25, 0.3) is 10.8 Å². The maximum Gasteiger partial charge on any atom is 0.254 e. The Morgan fingerprint density at radius 1 is 1.13 bits per heavy atom. The van der Waals surface area contributed by atoms with Crippen LogP contribution in [-0.2, 0) is 16.1 Å². The van der Waals surface area contributed by atoms with Crippen molar-refractivity contribution in [2.45, 2.75) is 6.61 Å². The third-order valence-electron chi connectivity index (χ3n) is 5.10. The minimum Gasteiger partial charge on any atom is -0.488 e. The monoisotopic (exact) mass is 481 g/mol. The molecule has 3 aromatic carbocycles. The summed E-state index contributed by atoms with van der Waals surface area (Å²) in [6, 6.07) is 20.2. The molecule has 6 nitrogen and oxygen atoms in total. The Labute approximate surface area is 190 Å². The van der Waals surface area contributed by atoms with Gasteiger partial charge in [0.05, 0.1) is 26.0 Å². The number of carbonyl (C=O) groups excluding carboxylic acids is 1. The molecule has 0 unspecified atom stereocenters. The summed E-state index contributed by atoms with van der Waals surface area (Å²) in [6.07, 6.45) is 1.61. The van der Waals surface area contributed by atoms with Crippen LogP contribution in [0.3, 0.4) is 0 Å². The number of rotatable bonds is 7. The second-order valence-electron chi connectivity index (χ2n) is 7.29. The van der Waals surface area contributed by atoms with Crippen molar-refractivity contribution in [2.24, 2.45) is 5.10 Å². The molecule has 1 saturated heterocycles. The number of morpholine rings is 1. The van der Waals surface area contributed by atoms with Crippen molar-refractivity contribution in [3.63, 3.8) is 0 Å². The lowest BCUT2D eigenvalue weighted by atomic mass is 10.1. The highest BCUT2D eigenvalue weighted by Crippen LogP contribution is 2.25.